The van der Waals surface area contributed by atoms with Crippen molar-refractivity contribution in [3.63, 3.8) is 0 Å². The molecule has 0 unspecified atom stereocenters. The van der Waals surface area contributed by atoms with E-state index >= 15 is 0 Å². The lowest BCUT2D eigenvalue weighted by atomic mass is 10.3. The zero-order valence-electron chi connectivity index (χ0n) is 14.6. The normalized spacial score (nSPS) is 12.3. The molecule has 0 fully saturated rings. The van der Waals surface area contributed by atoms with Crippen LogP contribution in [0.5, 0.6) is 5.75 Å². The van der Waals surface area contributed by atoms with E-state index in [9.17, 15) is 9.90 Å². The molecule has 3 aromatic rings. The van der Waals surface area contributed by atoms with Gasteiger partial charge in [-0.05, 0) is 55.5 Å². The van der Waals surface area contributed by atoms with Crippen LogP contribution < -0.4 is 5.32 Å². The van der Waals surface area contributed by atoms with Crippen LogP contribution in [0, 0.1) is 0 Å². The number of carbonyl (C=O) groups is 1. The first kappa shape index (κ1) is 17.9. The van der Waals surface area contributed by atoms with Crippen molar-refractivity contribution < 1.29 is 9.90 Å². The molecule has 2 aromatic heterocycles. The van der Waals surface area contributed by atoms with Crippen molar-refractivity contribution in [3.8, 4) is 11.4 Å². The number of tetrazole rings is 1. The quantitative estimate of drug-likeness (QED) is 0.638. The molecule has 26 heavy (non-hydrogen) atoms. The Morgan fingerprint density at radius 3 is 2.62 bits per heavy atom. The molecule has 1 amide bonds. The minimum absolute atomic E-state index is 0.144. The highest BCUT2D eigenvalue weighted by molar-refractivity contribution is 8.00. The van der Waals surface area contributed by atoms with Gasteiger partial charge >= 0.3 is 0 Å². The summed E-state index contributed by atoms with van der Waals surface area (Å²) in [6.07, 6.45) is 1.65. The molecule has 2 heterocycles. The van der Waals surface area contributed by atoms with Crippen LogP contribution >= 0.6 is 11.8 Å². The van der Waals surface area contributed by atoms with Crippen LogP contribution in [0.1, 0.15) is 26.8 Å². The predicted molar refractivity (Wildman–Crippen MR) is 97.4 cm³/mol. The number of thioether (sulfide) groups is 1. The lowest BCUT2D eigenvalue weighted by Crippen LogP contribution is -2.25. The third-order valence-corrected chi connectivity index (χ3v) is 4.63. The highest BCUT2D eigenvalue weighted by Gasteiger charge is 2.20. The number of anilines is 1. The molecule has 1 atom stereocenters. The van der Waals surface area contributed by atoms with Gasteiger partial charge in [-0.2, -0.15) is 9.78 Å². The maximum Gasteiger partial charge on any atom is 0.238 e. The first-order valence-electron chi connectivity index (χ1n) is 8.04. The van der Waals surface area contributed by atoms with Gasteiger partial charge in [0.1, 0.15) is 11.6 Å². The summed E-state index contributed by atoms with van der Waals surface area (Å²) in [6.45, 7) is 5.77. The van der Waals surface area contributed by atoms with Crippen molar-refractivity contribution in [2.24, 2.45) is 0 Å². The van der Waals surface area contributed by atoms with Gasteiger partial charge in [0.2, 0.25) is 11.1 Å². The van der Waals surface area contributed by atoms with Crippen LogP contribution in [0.25, 0.3) is 5.69 Å². The summed E-state index contributed by atoms with van der Waals surface area (Å²) in [6, 6.07) is 8.40. The average molecular weight is 373 g/mol. The number of aromatic hydroxyl groups is 1. The SMILES string of the molecule is CC(C)n1nccc1NC(=O)[C@H](C)Sc1nnnn1-c1ccc(O)cc1. The number of benzene rings is 1. The summed E-state index contributed by atoms with van der Waals surface area (Å²) in [5, 5.41) is 28.2. The van der Waals surface area contributed by atoms with Crippen LogP contribution in [0.4, 0.5) is 5.82 Å². The van der Waals surface area contributed by atoms with E-state index in [1.165, 1.54) is 16.4 Å². The van der Waals surface area contributed by atoms with E-state index in [-0.39, 0.29) is 17.7 Å². The number of amides is 1. The van der Waals surface area contributed by atoms with Crippen LogP contribution in [0.15, 0.2) is 41.7 Å². The molecule has 0 radical (unpaired) electrons. The van der Waals surface area contributed by atoms with E-state index in [1.54, 1.807) is 48.1 Å². The molecule has 9 nitrogen and oxygen atoms in total. The van der Waals surface area contributed by atoms with Crippen molar-refractivity contribution in [1.29, 1.82) is 0 Å². The van der Waals surface area contributed by atoms with Gasteiger partial charge in [0, 0.05) is 12.1 Å². The average Bonchev–Trinajstić information content (AvgIpc) is 3.25. The summed E-state index contributed by atoms with van der Waals surface area (Å²) in [7, 11) is 0. The Bertz CT molecular complexity index is 888. The third kappa shape index (κ3) is 3.85. The Balaban J connectivity index is 1.71. The second-order valence-electron chi connectivity index (χ2n) is 5.89. The monoisotopic (exact) mass is 373 g/mol. The molecule has 0 saturated heterocycles. The van der Waals surface area contributed by atoms with Gasteiger partial charge in [0.15, 0.2) is 0 Å². The fraction of sp³-hybridized carbons (Fsp3) is 0.312. The van der Waals surface area contributed by atoms with E-state index < -0.39 is 5.25 Å². The summed E-state index contributed by atoms with van der Waals surface area (Å²) >= 11 is 1.24. The van der Waals surface area contributed by atoms with Gasteiger partial charge in [-0.25, -0.2) is 4.68 Å². The smallest absolute Gasteiger partial charge is 0.238 e. The Kier molecular flexibility index (Phi) is 5.21. The zero-order valence-corrected chi connectivity index (χ0v) is 15.4. The van der Waals surface area contributed by atoms with E-state index in [0.717, 1.165) is 0 Å². The predicted octanol–water partition coefficient (Wildman–Crippen LogP) is 2.26. The Hall–Kier alpha value is -2.88. The Morgan fingerprint density at radius 2 is 1.92 bits per heavy atom. The maximum atomic E-state index is 12.5. The lowest BCUT2D eigenvalue weighted by molar-refractivity contribution is -0.115. The molecule has 0 aliphatic rings. The summed E-state index contributed by atoms with van der Waals surface area (Å²) in [5.74, 6) is 0.638. The zero-order chi connectivity index (χ0) is 18.7. The number of nitrogens with zero attached hydrogens (tertiary/aromatic N) is 6. The molecule has 3 rings (SSSR count). The molecule has 0 spiro atoms. The van der Waals surface area contributed by atoms with Crippen molar-refractivity contribution >= 4 is 23.5 Å². The van der Waals surface area contributed by atoms with Gasteiger partial charge < -0.3 is 10.4 Å². The number of hydrogen-bond donors (Lipinski definition) is 2. The summed E-state index contributed by atoms with van der Waals surface area (Å²) < 4.78 is 3.27. The molecular weight excluding hydrogens is 354 g/mol. The second kappa shape index (κ2) is 7.56. The molecule has 0 saturated carbocycles. The summed E-state index contributed by atoms with van der Waals surface area (Å²) in [4.78, 5) is 12.5. The van der Waals surface area contributed by atoms with Gasteiger partial charge in [-0.1, -0.05) is 11.8 Å². The molecule has 136 valence electrons. The summed E-state index contributed by atoms with van der Waals surface area (Å²) in [5.41, 5.74) is 0.695. The van der Waals surface area contributed by atoms with Crippen LogP contribution in [0.2, 0.25) is 0 Å². The number of carbonyl (C=O) groups excluding carboxylic acids is 1. The minimum atomic E-state index is -0.424. The van der Waals surface area contributed by atoms with E-state index in [2.05, 4.69) is 25.9 Å². The third-order valence-electron chi connectivity index (χ3n) is 3.60. The van der Waals surface area contributed by atoms with Crippen molar-refractivity contribution in [1.82, 2.24) is 30.0 Å². The van der Waals surface area contributed by atoms with Crippen molar-refractivity contribution in [2.75, 3.05) is 5.32 Å². The Labute approximate surface area is 154 Å². The molecule has 0 aliphatic carbocycles. The first-order valence-corrected chi connectivity index (χ1v) is 8.92. The van der Waals surface area contributed by atoms with Gasteiger partial charge in [-0.15, -0.1) is 5.10 Å². The van der Waals surface area contributed by atoms with Gasteiger partial charge in [0.25, 0.3) is 0 Å². The fourth-order valence-electron chi connectivity index (χ4n) is 2.27. The van der Waals surface area contributed by atoms with Crippen LogP contribution in [-0.2, 0) is 4.79 Å². The first-order chi connectivity index (χ1) is 12.5. The highest BCUT2D eigenvalue weighted by atomic mass is 32.2. The lowest BCUT2D eigenvalue weighted by Gasteiger charge is -2.14. The van der Waals surface area contributed by atoms with Crippen molar-refractivity contribution in [3.05, 3.63) is 36.5 Å². The van der Waals surface area contributed by atoms with Crippen LogP contribution in [0.3, 0.4) is 0 Å². The van der Waals surface area contributed by atoms with E-state index in [4.69, 9.17) is 0 Å². The second-order valence-corrected chi connectivity index (χ2v) is 7.20. The standard InChI is InChI=1S/C16H19N7O2S/c1-10(2)22-14(8-9-17-22)18-15(25)11(3)26-16-19-20-21-23(16)12-4-6-13(24)7-5-12/h4-11,24H,1-3H3,(H,18,25)/t11-/m0/s1. The highest BCUT2D eigenvalue weighted by Crippen LogP contribution is 2.25. The maximum absolute atomic E-state index is 12.5. The molecule has 1 aromatic carbocycles. The number of nitrogens with one attached hydrogen (secondary N) is 1. The molecule has 0 aliphatic heterocycles. The number of aromatic nitrogens is 6. The number of rotatable bonds is 6. The van der Waals surface area contributed by atoms with Gasteiger partial charge in [-0.3, -0.25) is 4.79 Å². The van der Waals surface area contributed by atoms with E-state index in [1.807, 2.05) is 13.8 Å². The molecule has 10 heteroatoms. The minimum Gasteiger partial charge on any atom is -0.508 e. The molecule has 0 bridgehead atoms. The molecular formula is C16H19N7O2S. The van der Waals surface area contributed by atoms with Crippen molar-refractivity contribution in [2.45, 2.75) is 37.2 Å². The topological polar surface area (TPSA) is 111 Å². The number of hydrogen-bond acceptors (Lipinski definition) is 7. The number of phenolic OH excluding ortho intramolecular Hbond substituents is 1. The number of phenols is 1. The van der Waals surface area contributed by atoms with E-state index in [0.29, 0.717) is 16.7 Å². The van der Waals surface area contributed by atoms with Crippen LogP contribution in [-0.4, -0.2) is 46.3 Å². The Morgan fingerprint density at radius 1 is 1.19 bits per heavy atom. The largest absolute Gasteiger partial charge is 0.508 e. The van der Waals surface area contributed by atoms with Gasteiger partial charge in [0.05, 0.1) is 17.1 Å². The molecule has 2 N–H and O–H groups in total. The fourth-order valence-corrected chi connectivity index (χ4v) is 3.08.